The highest BCUT2D eigenvalue weighted by atomic mass is 32.2. The Labute approximate surface area is 153 Å². The molecule has 2 fully saturated rings. The van der Waals surface area contributed by atoms with Crippen molar-refractivity contribution >= 4 is 11.8 Å². The number of hydrogen-bond acceptors (Lipinski definition) is 5. The van der Waals surface area contributed by atoms with Gasteiger partial charge in [0.1, 0.15) is 5.82 Å². The number of nitrogens with zero attached hydrogens (tertiary/aromatic N) is 3. The zero-order valence-electron chi connectivity index (χ0n) is 14.6. The van der Waals surface area contributed by atoms with Crippen molar-refractivity contribution in [3.8, 4) is 5.69 Å². The zero-order chi connectivity index (χ0) is 16.9. The maximum absolute atomic E-state index is 5.76. The minimum absolute atomic E-state index is 0.360. The number of nitrogens with one attached hydrogen (secondary N) is 1. The van der Waals surface area contributed by atoms with Gasteiger partial charge in [0.05, 0.1) is 6.10 Å². The van der Waals surface area contributed by atoms with Crippen LogP contribution in [0.1, 0.15) is 31.5 Å². The largest absolute Gasteiger partial charge is 0.377 e. The number of aromatic nitrogens is 3. The summed E-state index contributed by atoms with van der Waals surface area (Å²) in [5.41, 5.74) is 1.16. The monoisotopic (exact) mass is 358 g/mol. The van der Waals surface area contributed by atoms with Gasteiger partial charge in [-0.15, -0.1) is 10.2 Å². The van der Waals surface area contributed by atoms with Gasteiger partial charge in [-0.05, 0) is 56.8 Å². The number of para-hydroxylation sites is 1. The highest BCUT2D eigenvalue weighted by molar-refractivity contribution is 7.99. The average Bonchev–Trinajstić information content (AvgIpc) is 3.31. The second-order valence-corrected chi connectivity index (χ2v) is 7.90. The van der Waals surface area contributed by atoms with Crippen LogP contribution in [0.2, 0.25) is 0 Å². The van der Waals surface area contributed by atoms with Crippen LogP contribution in [0.15, 0.2) is 35.5 Å². The lowest BCUT2D eigenvalue weighted by Gasteiger charge is -2.22. The van der Waals surface area contributed by atoms with E-state index in [0.29, 0.717) is 12.0 Å². The Balaban J connectivity index is 1.55. The molecule has 0 amide bonds. The van der Waals surface area contributed by atoms with Gasteiger partial charge >= 0.3 is 0 Å². The first-order chi connectivity index (χ1) is 12.4. The number of thioether (sulfide) groups is 1. The predicted octanol–water partition coefficient (Wildman–Crippen LogP) is 3.08. The van der Waals surface area contributed by atoms with Crippen molar-refractivity contribution < 1.29 is 4.74 Å². The maximum Gasteiger partial charge on any atom is 0.195 e. The zero-order valence-corrected chi connectivity index (χ0v) is 15.4. The molecule has 134 valence electrons. The lowest BCUT2D eigenvalue weighted by Crippen LogP contribution is -2.29. The van der Waals surface area contributed by atoms with Crippen LogP contribution in [0.4, 0.5) is 0 Å². The summed E-state index contributed by atoms with van der Waals surface area (Å²) < 4.78 is 8.01. The molecule has 2 saturated heterocycles. The van der Waals surface area contributed by atoms with Crippen molar-refractivity contribution in [2.75, 3.05) is 25.4 Å². The minimum Gasteiger partial charge on any atom is -0.377 e. The molecule has 3 heterocycles. The summed E-state index contributed by atoms with van der Waals surface area (Å²) in [5.74, 6) is 2.75. The molecule has 0 bridgehead atoms. The van der Waals surface area contributed by atoms with E-state index in [1.54, 1.807) is 11.8 Å². The second-order valence-electron chi connectivity index (χ2n) is 6.91. The van der Waals surface area contributed by atoms with Crippen molar-refractivity contribution in [3.63, 3.8) is 0 Å². The van der Waals surface area contributed by atoms with E-state index in [1.807, 2.05) is 0 Å². The van der Waals surface area contributed by atoms with Crippen molar-refractivity contribution in [2.24, 2.45) is 5.92 Å². The van der Waals surface area contributed by atoms with Gasteiger partial charge in [0.2, 0.25) is 0 Å². The van der Waals surface area contributed by atoms with Crippen LogP contribution in [-0.2, 0) is 11.2 Å². The highest BCUT2D eigenvalue weighted by Crippen LogP contribution is 2.27. The summed E-state index contributed by atoms with van der Waals surface area (Å²) in [7, 11) is 0. The molecule has 6 heteroatoms. The first-order valence-corrected chi connectivity index (χ1v) is 10.3. The molecule has 0 spiro atoms. The van der Waals surface area contributed by atoms with E-state index in [1.165, 1.54) is 19.3 Å². The van der Waals surface area contributed by atoms with Crippen molar-refractivity contribution in [3.05, 3.63) is 36.2 Å². The topological polar surface area (TPSA) is 52.0 Å². The first-order valence-electron chi connectivity index (χ1n) is 9.35. The van der Waals surface area contributed by atoms with E-state index in [0.717, 1.165) is 55.0 Å². The Morgan fingerprint density at radius 3 is 2.72 bits per heavy atom. The first kappa shape index (κ1) is 17.1. The van der Waals surface area contributed by atoms with Gasteiger partial charge in [-0.1, -0.05) is 30.0 Å². The normalized spacial score (nSPS) is 21.7. The van der Waals surface area contributed by atoms with Crippen LogP contribution in [0.5, 0.6) is 0 Å². The van der Waals surface area contributed by atoms with E-state index >= 15 is 0 Å². The minimum atomic E-state index is 0.360. The fourth-order valence-corrected chi connectivity index (χ4v) is 4.69. The standard InChI is InChI=1S/C19H26N4OS/c1-2-5-16(6-3-1)23-18(13-15-8-10-20-11-9-15)21-22-19(23)25-14-17-7-4-12-24-17/h1-3,5-6,15,17,20H,4,7-14H2/t17-/m0/s1. The van der Waals surface area contributed by atoms with E-state index in [-0.39, 0.29) is 0 Å². The Morgan fingerprint density at radius 1 is 1.12 bits per heavy atom. The summed E-state index contributed by atoms with van der Waals surface area (Å²) in [6, 6.07) is 10.5. The molecule has 4 rings (SSSR count). The maximum atomic E-state index is 5.76. The van der Waals surface area contributed by atoms with Gasteiger partial charge < -0.3 is 10.1 Å². The Hall–Kier alpha value is -1.37. The number of hydrogen-bond donors (Lipinski definition) is 1. The van der Waals surface area contributed by atoms with Crippen molar-refractivity contribution in [2.45, 2.75) is 43.4 Å². The number of piperidine rings is 1. The SMILES string of the molecule is c1ccc(-n2c(CC3CCNCC3)nnc2SC[C@@H]2CCCO2)cc1. The van der Waals surface area contributed by atoms with Crippen LogP contribution in [-0.4, -0.2) is 46.3 Å². The molecule has 1 aromatic heterocycles. The molecule has 0 unspecified atom stereocenters. The third-order valence-electron chi connectivity index (χ3n) is 5.07. The molecule has 25 heavy (non-hydrogen) atoms. The Kier molecular flexibility index (Phi) is 5.69. The van der Waals surface area contributed by atoms with Gasteiger partial charge in [0, 0.05) is 24.5 Å². The van der Waals surface area contributed by atoms with Crippen LogP contribution < -0.4 is 5.32 Å². The van der Waals surface area contributed by atoms with Gasteiger partial charge in [-0.3, -0.25) is 4.57 Å². The van der Waals surface area contributed by atoms with Gasteiger partial charge in [0.25, 0.3) is 0 Å². The molecule has 5 nitrogen and oxygen atoms in total. The van der Waals surface area contributed by atoms with Gasteiger partial charge in [-0.2, -0.15) is 0 Å². The summed E-state index contributed by atoms with van der Waals surface area (Å²) in [4.78, 5) is 0. The molecule has 2 aliphatic rings. The van der Waals surface area contributed by atoms with Crippen LogP contribution >= 0.6 is 11.8 Å². The van der Waals surface area contributed by atoms with E-state index in [2.05, 4.69) is 50.4 Å². The van der Waals surface area contributed by atoms with E-state index in [9.17, 15) is 0 Å². The van der Waals surface area contributed by atoms with E-state index < -0.39 is 0 Å². The summed E-state index contributed by atoms with van der Waals surface area (Å²) >= 11 is 1.77. The second kappa shape index (κ2) is 8.34. The quantitative estimate of drug-likeness (QED) is 0.804. The molecule has 0 aliphatic carbocycles. The number of rotatable bonds is 6. The summed E-state index contributed by atoms with van der Waals surface area (Å²) in [5, 5.41) is 13.5. The summed E-state index contributed by atoms with van der Waals surface area (Å²) in [6.07, 6.45) is 6.15. The third-order valence-corrected chi connectivity index (χ3v) is 6.13. The fourth-order valence-electron chi connectivity index (χ4n) is 3.65. The molecular weight excluding hydrogens is 332 g/mol. The number of benzene rings is 1. The molecular formula is C19H26N4OS. The molecule has 1 N–H and O–H groups in total. The van der Waals surface area contributed by atoms with Crippen molar-refractivity contribution in [1.29, 1.82) is 0 Å². The lowest BCUT2D eigenvalue weighted by atomic mass is 9.94. The van der Waals surface area contributed by atoms with Crippen molar-refractivity contribution in [1.82, 2.24) is 20.1 Å². The predicted molar refractivity (Wildman–Crippen MR) is 100 cm³/mol. The Bertz CT molecular complexity index is 663. The third kappa shape index (κ3) is 4.25. The highest BCUT2D eigenvalue weighted by Gasteiger charge is 2.22. The molecule has 2 aliphatic heterocycles. The average molecular weight is 359 g/mol. The summed E-state index contributed by atoms with van der Waals surface area (Å²) in [6.45, 7) is 3.13. The molecule has 0 saturated carbocycles. The van der Waals surface area contributed by atoms with Crippen LogP contribution in [0, 0.1) is 5.92 Å². The van der Waals surface area contributed by atoms with Crippen LogP contribution in [0.25, 0.3) is 5.69 Å². The molecule has 2 aromatic rings. The fraction of sp³-hybridized carbons (Fsp3) is 0.579. The van der Waals surface area contributed by atoms with Gasteiger partial charge in [-0.25, -0.2) is 0 Å². The van der Waals surface area contributed by atoms with Crippen LogP contribution in [0.3, 0.4) is 0 Å². The Morgan fingerprint density at radius 2 is 1.96 bits per heavy atom. The number of ether oxygens (including phenoxy) is 1. The van der Waals surface area contributed by atoms with Gasteiger partial charge in [0.15, 0.2) is 5.16 Å². The molecule has 1 aromatic carbocycles. The molecule has 0 radical (unpaired) electrons. The lowest BCUT2D eigenvalue weighted by molar-refractivity contribution is 0.129. The van der Waals surface area contributed by atoms with E-state index in [4.69, 9.17) is 4.74 Å². The molecule has 1 atom stereocenters. The smallest absolute Gasteiger partial charge is 0.195 e.